The van der Waals surface area contributed by atoms with E-state index in [0.29, 0.717) is 5.92 Å². The van der Waals surface area contributed by atoms with Gasteiger partial charge in [0, 0.05) is 10.8 Å². The first-order valence-corrected chi connectivity index (χ1v) is 7.53. The Morgan fingerprint density at radius 1 is 1.41 bits per heavy atom. The van der Waals surface area contributed by atoms with E-state index in [2.05, 4.69) is 26.2 Å². The second kappa shape index (κ2) is 3.55. The van der Waals surface area contributed by atoms with Gasteiger partial charge in [0.15, 0.2) is 0 Å². The molecule has 2 N–H and O–H groups in total. The van der Waals surface area contributed by atoms with Gasteiger partial charge < -0.3 is 5.73 Å². The largest absolute Gasteiger partial charge is 0.319 e. The smallest absolute Gasteiger partial charge is 0.113 e. The maximum atomic E-state index is 6.67. The number of rotatable bonds is 1. The van der Waals surface area contributed by atoms with E-state index in [1.165, 1.54) is 30.0 Å². The van der Waals surface area contributed by atoms with Crippen molar-refractivity contribution >= 4 is 11.3 Å². The zero-order valence-electron chi connectivity index (χ0n) is 11.0. The molecule has 3 unspecified atom stereocenters. The van der Waals surface area contributed by atoms with Crippen LogP contribution in [0.4, 0.5) is 0 Å². The average Bonchev–Trinajstić information content (AvgIpc) is 2.90. The van der Waals surface area contributed by atoms with E-state index in [4.69, 9.17) is 10.7 Å². The van der Waals surface area contributed by atoms with Gasteiger partial charge in [0.1, 0.15) is 5.01 Å². The summed E-state index contributed by atoms with van der Waals surface area (Å²) in [6.45, 7) is 6.65. The van der Waals surface area contributed by atoms with Crippen LogP contribution in [0.5, 0.6) is 0 Å². The van der Waals surface area contributed by atoms with Gasteiger partial charge in [0.2, 0.25) is 0 Å². The SMILES string of the molecule is CC(C)(C)c1csc(C2(N)CC3CCC2C3)n1. The van der Waals surface area contributed by atoms with E-state index in [9.17, 15) is 0 Å². The van der Waals surface area contributed by atoms with Crippen LogP contribution in [0.2, 0.25) is 0 Å². The second-order valence-electron chi connectivity index (χ2n) is 6.91. The molecule has 3 rings (SSSR count). The van der Waals surface area contributed by atoms with Crippen molar-refractivity contribution in [2.75, 3.05) is 0 Å². The van der Waals surface area contributed by atoms with E-state index < -0.39 is 0 Å². The number of hydrogen-bond donors (Lipinski definition) is 1. The van der Waals surface area contributed by atoms with Crippen molar-refractivity contribution in [2.24, 2.45) is 17.6 Å². The van der Waals surface area contributed by atoms with Crippen molar-refractivity contribution in [3.05, 3.63) is 16.1 Å². The summed E-state index contributed by atoms with van der Waals surface area (Å²) in [4.78, 5) is 4.85. The molecule has 2 fully saturated rings. The van der Waals surface area contributed by atoms with Gasteiger partial charge in [-0.2, -0.15) is 0 Å². The van der Waals surface area contributed by atoms with Crippen LogP contribution < -0.4 is 5.73 Å². The molecule has 2 nitrogen and oxygen atoms in total. The van der Waals surface area contributed by atoms with Crippen LogP contribution in [0.3, 0.4) is 0 Å². The summed E-state index contributed by atoms with van der Waals surface area (Å²) < 4.78 is 0. The molecule has 2 bridgehead atoms. The molecule has 3 atom stereocenters. The van der Waals surface area contributed by atoms with Crippen LogP contribution in [0, 0.1) is 11.8 Å². The molecule has 0 amide bonds. The molecular weight excluding hydrogens is 228 g/mol. The first kappa shape index (κ1) is 11.7. The van der Waals surface area contributed by atoms with Gasteiger partial charge in [-0.15, -0.1) is 11.3 Å². The molecular formula is C14H22N2S. The van der Waals surface area contributed by atoms with Gasteiger partial charge in [0.25, 0.3) is 0 Å². The van der Waals surface area contributed by atoms with E-state index in [1.54, 1.807) is 11.3 Å². The predicted octanol–water partition coefficient (Wildman–Crippen LogP) is 3.41. The van der Waals surface area contributed by atoms with E-state index >= 15 is 0 Å². The van der Waals surface area contributed by atoms with Crippen LogP contribution in [0.25, 0.3) is 0 Å². The molecule has 1 aromatic rings. The third-order valence-corrected chi connectivity index (χ3v) is 5.60. The fourth-order valence-corrected chi connectivity index (χ4v) is 4.72. The molecule has 2 aliphatic carbocycles. The lowest BCUT2D eigenvalue weighted by molar-refractivity contribution is 0.274. The Labute approximate surface area is 108 Å². The lowest BCUT2D eigenvalue weighted by Crippen LogP contribution is -2.41. The van der Waals surface area contributed by atoms with E-state index in [0.717, 1.165) is 12.3 Å². The summed E-state index contributed by atoms with van der Waals surface area (Å²) in [6, 6.07) is 0. The standard InChI is InChI=1S/C14H22N2S/c1-13(2,3)11-8-17-12(16-11)14(15)7-9-4-5-10(14)6-9/h8-10H,4-7,15H2,1-3H3. The van der Waals surface area contributed by atoms with E-state index in [1.807, 2.05) is 0 Å². The first-order valence-electron chi connectivity index (χ1n) is 6.65. The summed E-state index contributed by atoms with van der Waals surface area (Å²) in [5.74, 6) is 1.55. The maximum Gasteiger partial charge on any atom is 0.113 e. The third kappa shape index (κ3) is 1.75. The molecule has 0 aliphatic heterocycles. The Balaban J connectivity index is 1.92. The molecule has 1 aromatic heterocycles. The minimum absolute atomic E-state index is 0.100. The third-order valence-electron chi connectivity index (χ3n) is 4.57. The Morgan fingerprint density at radius 3 is 2.65 bits per heavy atom. The first-order chi connectivity index (χ1) is 7.89. The highest BCUT2D eigenvalue weighted by atomic mass is 32.1. The number of hydrogen-bond acceptors (Lipinski definition) is 3. The van der Waals surface area contributed by atoms with Gasteiger partial charge in [0.05, 0.1) is 11.2 Å². The summed E-state index contributed by atoms with van der Waals surface area (Å²) >= 11 is 1.78. The Morgan fingerprint density at radius 2 is 2.18 bits per heavy atom. The van der Waals surface area contributed by atoms with Gasteiger partial charge in [-0.05, 0) is 31.1 Å². The van der Waals surface area contributed by atoms with Gasteiger partial charge >= 0.3 is 0 Å². The highest BCUT2D eigenvalue weighted by Gasteiger charge is 2.51. The van der Waals surface area contributed by atoms with Crippen LogP contribution in [0.15, 0.2) is 5.38 Å². The lowest BCUT2D eigenvalue weighted by atomic mass is 9.82. The Kier molecular flexibility index (Phi) is 2.43. The molecule has 1 heterocycles. The fourth-order valence-electron chi connectivity index (χ4n) is 3.47. The summed E-state index contributed by atoms with van der Waals surface area (Å²) in [6.07, 6.45) is 5.20. The fraction of sp³-hybridized carbons (Fsp3) is 0.786. The van der Waals surface area contributed by atoms with Crippen molar-refractivity contribution in [3.8, 4) is 0 Å². The topological polar surface area (TPSA) is 38.9 Å². The quantitative estimate of drug-likeness (QED) is 0.829. The number of nitrogens with zero attached hydrogens (tertiary/aromatic N) is 1. The zero-order chi connectivity index (χ0) is 12.3. The number of nitrogens with two attached hydrogens (primary N) is 1. The van der Waals surface area contributed by atoms with Crippen molar-refractivity contribution in [3.63, 3.8) is 0 Å². The highest BCUT2D eigenvalue weighted by Crippen LogP contribution is 2.54. The minimum Gasteiger partial charge on any atom is -0.319 e. The summed E-state index contributed by atoms with van der Waals surface area (Å²) in [5.41, 5.74) is 7.91. The monoisotopic (exact) mass is 250 g/mol. The molecule has 0 saturated heterocycles. The zero-order valence-corrected chi connectivity index (χ0v) is 11.8. The Bertz CT molecular complexity index is 432. The molecule has 0 spiro atoms. The minimum atomic E-state index is -0.100. The van der Waals surface area contributed by atoms with E-state index in [-0.39, 0.29) is 11.0 Å². The van der Waals surface area contributed by atoms with Gasteiger partial charge in [-0.1, -0.05) is 27.2 Å². The molecule has 2 saturated carbocycles. The average molecular weight is 250 g/mol. The summed E-state index contributed by atoms with van der Waals surface area (Å²) in [5, 5.41) is 3.39. The molecule has 0 aromatic carbocycles. The molecule has 2 aliphatic rings. The molecule has 3 heteroatoms. The van der Waals surface area contributed by atoms with Crippen molar-refractivity contribution in [1.82, 2.24) is 4.98 Å². The lowest BCUT2D eigenvalue weighted by Gasteiger charge is -2.31. The van der Waals surface area contributed by atoms with Crippen LogP contribution in [0.1, 0.15) is 57.2 Å². The van der Waals surface area contributed by atoms with Crippen LogP contribution in [-0.2, 0) is 11.0 Å². The van der Waals surface area contributed by atoms with Crippen molar-refractivity contribution in [1.29, 1.82) is 0 Å². The van der Waals surface area contributed by atoms with Gasteiger partial charge in [-0.25, -0.2) is 4.98 Å². The predicted molar refractivity (Wildman–Crippen MR) is 72.1 cm³/mol. The van der Waals surface area contributed by atoms with Crippen LogP contribution in [-0.4, -0.2) is 4.98 Å². The second-order valence-corrected chi connectivity index (χ2v) is 7.77. The highest BCUT2D eigenvalue weighted by molar-refractivity contribution is 7.09. The number of aromatic nitrogens is 1. The summed E-state index contributed by atoms with van der Waals surface area (Å²) in [7, 11) is 0. The normalized spacial score (nSPS) is 36.7. The molecule has 0 radical (unpaired) electrons. The molecule has 94 valence electrons. The van der Waals surface area contributed by atoms with Crippen LogP contribution >= 0.6 is 11.3 Å². The number of fused-ring (bicyclic) bond motifs is 2. The Hall–Kier alpha value is -0.410. The number of thiazole rings is 1. The maximum absolute atomic E-state index is 6.67. The molecule has 17 heavy (non-hydrogen) atoms. The van der Waals surface area contributed by atoms with Crippen molar-refractivity contribution in [2.45, 2.75) is 57.4 Å². The van der Waals surface area contributed by atoms with Crippen molar-refractivity contribution < 1.29 is 0 Å². The van der Waals surface area contributed by atoms with Gasteiger partial charge in [-0.3, -0.25) is 0 Å².